The molecule has 3 aliphatic heterocycles. The second kappa shape index (κ2) is 12.0. The molecule has 1 aliphatic carbocycles. The van der Waals surface area contributed by atoms with E-state index in [2.05, 4.69) is 4.90 Å². The summed E-state index contributed by atoms with van der Waals surface area (Å²) >= 11 is 6.04. The quantitative estimate of drug-likeness (QED) is 0.367. The van der Waals surface area contributed by atoms with Crippen molar-refractivity contribution in [2.45, 2.75) is 92.8 Å². The Morgan fingerprint density at radius 2 is 1.57 bits per heavy atom. The number of carbonyl (C=O) groups is 1. The van der Waals surface area contributed by atoms with Crippen molar-refractivity contribution in [3.63, 3.8) is 0 Å². The van der Waals surface area contributed by atoms with Gasteiger partial charge in [0.15, 0.2) is 0 Å². The van der Waals surface area contributed by atoms with E-state index in [9.17, 15) is 17.6 Å². The van der Waals surface area contributed by atoms with E-state index >= 15 is 4.39 Å². The van der Waals surface area contributed by atoms with Crippen LogP contribution in [0.4, 0.5) is 13.6 Å². The predicted molar refractivity (Wildman–Crippen MR) is 156 cm³/mol. The van der Waals surface area contributed by atoms with Crippen LogP contribution < -0.4 is 0 Å². The molecule has 0 bridgehead atoms. The molecule has 228 valence electrons. The highest BCUT2D eigenvalue weighted by atomic mass is 35.5. The lowest BCUT2D eigenvalue weighted by molar-refractivity contribution is -0.0147. The third-order valence-corrected chi connectivity index (χ3v) is 11.7. The van der Waals surface area contributed by atoms with Crippen molar-refractivity contribution < 1.29 is 26.7 Å². The first-order valence-corrected chi connectivity index (χ1v) is 17.0. The van der Waals surface area contributed by atoms with Crippen molar-refractivity contribution in [2.75, 3.05) is 26.2 Å². The maximum absolute atomic E-state index is 15.1. The van der Waals surface area contributed by atoms with Crippen LogP contribution in [0, 0.1) is 11.6 Å². The Balaban J connectivity index is 1.25. The Kier molecular flexibility index (Phi) is 8.52. The number of hydrogen-bond acceptors (Lipinski definition) is 5. The van der Waals surface area contributed by atoms with Crippen LogP contribution in [0.3, 0.4) is 0 Å². The molecule has 3 heterocycles. The summed E-state index contributed by atoms with van der Waals surface area (Å²) < 4.78 is 65.0. The van der Waals surface area contributed by atoms with Gasteiger partial charge in [-0.2, -0.15) is 4.31 Å². The van der Waals surface area contributed by atoms with Gasteiger partial charge in [0.1, 0.15) is 17.2 Å². The number of amides is 1. The van der Waals surface area contributed by atoms with E-state index in [4.69, 9.17) is 16.3 Å². The SMILES string of the molecule is O=C(OC1([C@H]2CCC[C@@H](c3ccc(F)cc3F)N2S(=O)(=O)c2ccc(Cl)cc2)CC1)N1CCC(N2CCCCC2)CC1. The van der Waals surface area contributed by atoms with Crippen molar-refractivity contribution in [3.05, 3.63) is 64.7 Å². The smallest absolute Gasteiger partial charge is 0.410 e. The minimum atomic E-state index is -4.17. The highest BCUT2D eigenvalue weighted by Gasteiger charge is 2.60. The van der Waals surface area contributed by atoms with Gasteiger partial charge in [-0.1, -0.05) is 24.1 Å². The van der Waals surface area contributed by atoms with Gasteiger partial charge in [-0.05, 0) is 101 Å². The molecular weight excluding hydrogens is 584 g/mol. The molecule has 2 atom stereocenters. The summed E-state index contributed by atoms with van der Waals surface area (Å²) in [7, 11) is -4.17. The number of halogens is 3. The lowest BCUT2D eigenvalue weighted by atomic mass is 9.89. The molecule has 11 heteroatoms. The molecule has 4 fully saturated rings. The molecule has 4 aliphatic rings. The molecule has 1 amide bonds. The van der Waals surface area contributed by atoms with E-state index in [1.165, 1.54) is 53.9 Å². The van der Waals surface area contributed by atoms with Gasteiger partial charge in [0, 0.05) is 35.8 Å². The standard InChI is InChI=1S/C31H38ClF2N3O4S/c32-22-7-10-25(11-8-22)42(39,40)37-28(26-12-9-23(33)21-27(26)34)5-4-6-29(37)31(15-16-31)41-30(38)36-19-13-24(14-20-36)35-17-2-1-3-18-35/h7-12,21,24,28-29H,1-6,13-20H2/t28-,29+/m0/s1. The van der Waals surface area contributed by atoms with Gasteiger partial charge in [-0.3, -0.25) is 0 Å². The number of hydrogen-bond donors (Lipinski definition) is 0. The van der Waals surface area contributed by atoms with Gasteiger partial charge >= 0.3 is 6.09 Å². The van der Waals surface area contributed by atoms with Crippen molar-refractivity contribution in [1.82, 2.24) is 14.1 Å². The summed E-state index contributed by atoms with van der Waals surface area (Å²) in [4.78, 5) is 17.8. The second-order valence-corrected chi connectivity index (χ2v) is 14.4. The minimum absolute atomic E-state index is 0.0215. The van der Waals surface area contributed by atoms with E-state index in [0.29, 0.717) is 56.3 Å². The van der Waals surface area contributed by atoms with Gasteiger partial charge < -0.3 is 14.5 Å². The normalized spacial score (nSPS) is 25.7. The molecule has 7 nitrogen and oxygen atoms in total. The number of benzene rings is 2. The second-order valence-electron chi connectivity index (χ2n) is 12.2. The summed E-state index contributed by atoms with van der Waals surface area (Å²) in [6.45, 7) is 3.45. The number of piperidine rings is 3. The lowest BCUT2D eigenvalue weighted by Gasteiger charge is -2.45. The molecule has 0 unspecified atom stereocenters. The van der Waals surface area contributed by atoms with Crippen LogP contribution in [-0.4, -0.2) is 72.5 Å². The molecule has 2 aromatic rings. The lowest BCUT2D eigenvalue weighted by Crippen LogP contribution is -2.55. The van der Waals surface area contributed by atoms with E-state index in [1.807, 2.05) is 0 Å². The summed E-state index contributed by atoms with van der Waals surface area (Å²) in [6, 6.07) is 8.04. The first-order valence-electron chi connectivity index (χ1n) is 15.1. The Morgan fingerprint density at radius 3 is 2.21 bits per heavy atom. The molecule has 0 N–H and O–H groups in total. The fraction of sp³-hybridized carbons (Fsp3) is 0.581. The Morgan fingerprint density at radius 1 is 0.881 bits per heavy atom. The first-order chi connectivity index (χ1) is 20.2. The van der Waals surface area contributed by atoms with Crippen molar-refractivity contribution >= 4 is 27.7 Å². The number of ether oxygens (including phenoxy) is 1. The molecule has 2 aromatic carbocycles. The highest BCUT2D eigenvalue weighted by Crippen LogP contribution is 2.53. The summed E-state index contributed by atoms with van der Waals surface area (Å²) in [6.07, 6.45) is 7.61. The molecular formula is C31H38ClF2N3O4S. The molecule has 42 heavy (non-hydrogen) atoms. The first kappa shape index (κ1) is 29.8. The number of carbonyl (C=O) groups excluding carboxylic acids is 1. The zero-order valence-corrected chi connectivity index (χ0v) is 25.3. The fourth-order valence-corrected chi connectivity index (χ4v) is 9.20. The largest absolute Gasteiger partial charge is 0.441 e. The van der Waals surface area contributed by atoms with E-state index in [0.717, 1.165) is 38.1 Å². The monoisotopic (exact) mass is 621 g/mol. The van der Waals surface area contributed by atoms with Crippen LogP contribution in [0.1, 0.15) is 75.8 Å². The molecule has 0 spiro atoms. The summed E-state index contributed by atoms with van der Waals surface area (Å²) in [5.41, 5.74) is -0.879. The Labute approximate surface area is 251 Å². The zero-order chi connectivity index (χ0) is 29.5. The van der Waals surface area contributed by atoms with Crippen molar-refractivity contribution in [3.8, 4) is 0 Å². The van der Waals surface area contributed by atoms with E-state index in [1.54, 1.807) is 4.90 Å². The van der Waals surface area contributed by atoms with Gasteiger partial charge in [0.05, 0.1) is 17.0 Å². The zero-order valence-electron chi connectivity index (χ0n) is 23.7. The van der Waals surface area contributed by atoms with Crippen molar-refractivity contribution in [2.24, 2.45) is 0 Å². The molecule has 3 saturated heterocycles. The number of nitrogens with zero attached hydrogens (tertiary/aromatic N) is 3. The number of sulfonamides is 1. The molecule has 1 saturated carbocycles. The minimum Gasteiger partial charge on any atom is -0.441 e. The molecule has 6 rings (SSSR count). The van der Waals surface area contributed by atoms with Gasteiger partial charge in [-0.15, -0.1) is 0 Å². The van der Waals surface area contributed by atoms with Crippen LogP contribution in [0.15, 0.2) is 47.4 Å². The Hall–Kier alpha value is -2.27. The van der Waals surface area contributed by atoms with Gasteiger partial charge in [0.25, 0.3) is 0 Å². The van der Waals surface area contributed by atoms with Crippen molar-refractivity contribution in [1.29, 1.82) is 0 Å². The topological polar surface area (TPSA) is 70.2 Å². The summed E-state index contributed by atoms with van der Waals surface area (Å²) in [5.74, 6) is -1.53. The molecule has 0 radical (unpaired) electrons. The van der Waals surface area contributed by atoms with Crippen LogP contribution in [0.5, 0.6) is 0 Å². The Bertz CT molecular complexity index is 1390. The van der Waals surface area contributed by atoms with Crippen LogP contribution in [-0.2, 0) is 14.8 Å². The summed E-state index contributed by atoms with van der Waals surface area (Å²) in [5, 5.41) is 0.391. The maximum atomic E-state index is 15.1. The fourth-order valence-electron chi connectivity index (χ4n) is 7.16. The maximum Gasteiger partial charge on any atom is 0.410 e. The van der Waals surface area contributed by atoms with E-state index in [-0.39, 0.29) is 10.5 Å². The molecule has 0 aromatic heterocycles. The predicted octanol–water partition coefficient (Wildman–Crippen LogP) is 6.52. The van der Waals surface area contributed by atoms with Crippen LogP contribution in [0.2, 0.25) is 5.02 Å². The third-order valence-electron chi connectivity index (χ3n) is 9.55. The average Bonchev–Trinajstić information content (AvgIpc) is 3.78. The van der Waals surface area contributed by atoms with Crippen LogP contribution >= 0.6 is 11.6 Å². The van der Waals surface area contributed by atoms with Crippen LogP contribution in [0.25, 0.3) is 0 Å². The third kappa shape index (κ3) is 5.92. The number of rotatable bonds is 6. The van der Waals surface area contributed by atoms with E-state index < -0.39 is 45.4 Å². The van der Waals surface area contributed by atoms with Gasteiger partial charge in [0.2, 0.25) is 10.0 Å². The number of likely N-dealkylation sites (tertiary alicyclic amines) is 2. The van der Waals surface area contributed by atoms with Gasteiger partial charge in [-0.25, -0.2) is 22.0 Å². The average molecular weight is 622 g/mol. The highest BCUT2D eigenvalue weighted by molar-refractivity contribution is 7.89.